The Hall–Kier alpha value is -3.08. The fourth-order valence-electron chi connectivity index (χ4n) is 1.26. The number of benzene rings is 1. The van der Waals surface area contributed by atoms with E-state index in [-0.39, 0.29) is 17.3 Å². The third-order valence-electron chi connectivity index (χ3n) is 2.07. The lowest BCUT2D eigenvalue weighted by molar-refractivity contribution is -0.385. The quantitative estimate of drug-likeness (QED) is 0.619. The van der Waals surface area contributed by atoms with Crippen molar-refractivity contribution in [2.45, 2.75) is 0 Å². The Kier molecular flexibility index (Phi) is 3.29. The van der Waals surface area contributed by atoms with E-state index >= 15 is 0 Å². The summed E-state index contributed by atoms with van der Waals surface area (Å²) in [6.07, 6.45) is 2.30. The first-order valence-corrected chi connectivity index (χ1v) is 4.94. The normalized spacial score (nSPS) is 9.68. The Morgan fingerprint density at radius 2 is 2.16 bits per heavy atom. The highest BCUT2D eigenvalue weighted by Gasteiger charge is 2.17. The van der Waals surface area contributed by atoms with E-state index in [0.29, 0.717) is 0 Å². The third kappa shape index (κ3) is 2.78. The number of nitriles is 1. The number of nitro benzene ring substituents is 1. The maximum atomic E-state index is 12.9. The van der Waals surface area contributed by atoms with Crippen LogP contribution < -0.4 is 4.74 Å². The van der Waals surface area contributed by atoms with Crippen LogP contribution in [0.2, 0.25) is 0 Å². The molecule has 0 N–H and O–H groups in total. The minimum atomic E-state index is -0.768. The van der Waals surface area contributed by atoms with Crippen molar-refractivity contribution in [1.82, 2.24) is 9.97 Å². The molecule has 0 unspecified atom stereocenters. The van der Waals surface area contributed by atoms with Crippen LogP contribution in [0.5, 0.6) is 11.6 Å². The second-order valence-electron chi connectivity index (χ2n) is 3.32. The molecule has 94 valence electrons. The van der Waals surface area contributed by atoms with Crippen LogP contribution in [0.1, 0.15) is 5.69 Å². The van der Waals surface area contributed by atoms with E-state index in [1.165, 1.54) is 0 Å². The van der Waals surface area contributed by atoms with Gasteiger partial charge in [0.2, 0.25) is 11.6 Å². The van der Waals surface area contributed by atoms with Crippen LogP contribution in [0.4, 0.5) is 10.1 Å². The molecule has 0 bridgehead atoms. The summed E-state index contributed by atoms with van der Waals surface area (Å²) in [7, 11) is 0. The van der Waals surface area contributed by atoms with Crippen molar-refractivity contribution in [1.29, 1.82) is 5.26 Å². The molecule has 1 heterocycles. The molecule has 0 aliphatic heterocycles. The monoisotopic (exact) mass is 260 g/mol. The molecule has 7 nitrogen and oxygen atoms in total. The average Bonchev–Trinajstić information content (AvgIpc) is 2.41. The molecule has 0 aliphatic rings. The Labute approximate surface area is 106 Å². The number of halogens is 1. The molecular weight excluding hydrogens is 255 g/mol. The average molecular weight is 260 g/mol. The standard InChI is InChI=1S/C11H5FN4O3/c12-7-1-2-10(9(3-7)16(17)18)19-11-6-14-8(4-13)5-15-11/h1-3,5-6H. The Morgan fingerprint density at radius 1 is 1.37 bits per heavy atom. The van der Waals surface area contributed by atoms with Crippen LogP contribution >= 0.6 is 0 Å². The van der Waals surface area contributed by atoms with Crippen LogP contribution in [0.25, 0.3) is 0 Å². The first-order valence-electron chi connectivity index (χ1n) is 4.94. The molecule has 1 aromatic carbocycles. The molecule has 0 spiro atoms. The van der Waals surface area contributed by atoms with Gasteiger partial charge in [0.1, 0.15) is 11.9 Å². The van der Waals surface area contributed by atoms with Gasteiger partial charge in [0, 0.05) is 0 Å². The lowest BCUT2D eigenvalue weighted by atomic mass is 10.3. The Balaban J connectivity index is 2.32. The maximum absolute atomic E-state index is 12.9. The number of aromatic nitrogens is 2. The summed E-state index contributed by atoms with van der Waals surface area (Å²) in [6.45, 7) is 0. The number of rotatable bonds is 3. The number of hydrogen-bond acceptors (Lipinski definition) is 6. The van der Waals surface area contributed by atoms with Gasteiger partial charge in [-0.3, -0.25) is 10.1 Å². The number of nitrogens with zero attached hydrogens (tertiary/aromatic N) is 4. The molecule has 0 amide bonds. The number of nitro groups is 1. The minimum Gasteiger partial charge on any atom is -0.430 e. The van der Waals surface area contributed by atoms with Gasteiger partial charge in [-0.05, 0) is 12.1 Å². The highest BCUT2D eigenvalue weighted by Crippen LogP contribution is 2.30. The first kappa shape index (κ1) is 12.4. The highest BCUT2D eigenvalue weighted by atomic mass is 19.1. The van der Waals surface area contributed by atoms with Crippen molar-refractivity contribution in [2.24, 2.45) is 0 Å². The van der Waals surface area contributed by atoms with Gasteiger partial charge in [-0.25, -0.2) is 14.4 Å². The van der Waals surface area contributed by atoms with E-state index in [4.69, 9.17) is 10.00 Å². The molecule has 1 aromatic heterocycles. The van der Waals surface area contributed by atoms with Crippen LogP contribution in [0.3, 0.4) is 0 Å². The van der Waals surface area contributed by atoms with E-state index < -0.39 is 16.4 Å². The second kappa shape index (κ2) is 5.05. The lowest BCUT2D eigenvalue weighted by Crippen LogP contribution is -1.96. The predicted octanol–water partition coefficient (Wildman–Crippen LogP) is 2.19. The molecule has 0 aliphatic carbocycles. The fraction of sp³-hybridized carbons (Fsp3) is 0. The molecule has 0 atom stereocenters. The van der Waals surface area contributed by atoms with Crippen LogP contribution in [-0.2, 0) is 0 Å². The third-order valence-corrected chi connectivity index (χ3v) is 2.07. The van der Waals surface area contributed by atoms with E-state index in [1.807, 2.05) is 0 Å². The molecule has 8 heteroatoms. The van der Waals surface area contributed by atoms with Gasteiger partial charge in [0.05, 0.1) is 23.4 Å². The van der Waals surface area contributed by atoms with Crippen molar-refractivity contribution in [3.05, 3.63) is 52.2 Å². The van der Waals surface area contributed by atoms with Crippen molar-refractivity contribution >= 4 is 5.69 Å². The molecule has 19 heavy (non-hydrogen) atoms. The zero-order valence-electron chi connectivity index (χ0n) is 9.28. The van der Waals surface area contributed by atoms with Gasteiger partial charge in [0.15, 0.2) is 5.69 Å². The maximum Gasteiger partial charge on any atom is 0.314 e. The van der Waals surface area contributed by atoms with Gasteiger partial charge < -0.3 is 4.74 Å². The van der Waals surface area contributed by atoms with Crippen molar-refractivity contribution < 1.29 is 14.1 Å². The largest absolute Gasteiger partial charge is 0.430 e. The lowest BCUT2D eigenvalue weighted by Gasteiger charge is -2.04. The number of ether oxygens (including phenoxy) is 1. The summed E-state index contributed by atoms with van der Waals surface area (Å²) in [6, 6.07) is 4.66. The van der Waals surface area contributed by atoms with Crippen molar-refractivity contribution in [2.75, 3.05) is 0 Å². The van der Waals surface area contributed by atoms with E-state index in [0.717, 1.165) is 30.6 Å². The van der Waals surface area contributed by atoms with Gasteiger partial charge in [0.25, 0.3) is 0 Å². The summed E-state index contributed by atoms with van der Waals surface area (Å²) >= 11 is 0. The van der Waals surface area contributed by atoms with Gasteiger partial charge in [-0.1, -0.05) is 0 Å². The molecule has 0 saturated carbocycles. The van der Waals surface area contributed by atoms with Crippen molar-refractivity contribution in [3.63, 3.8) is 0 Å². The van der Waals surface area contributed by atoms with E-state index in [9.17, 15) is 14.5 Å². The summed E-state index contributed by atoms with van der Waals surface area (Å²) in [5.41, 5.74) is -0.438. The molecule has 0 radical (unpaired) electrons. The van der Waals surface area contributed by atoms with E-state index in [1.54, 1.807) is 6.07 Å². The van der Waals surface area contributed by atoms with Gasteiger partial charge >= 0.3 is 5.69 Å². The predicted molar refractivity (Wildman–Crippen MR) is 59.9 cm³/mol. The zero-order chi connectivity index (χ0) is 13.8. The molecule has 2 aromatic rings. The SMILES string of the molecule is N#Cc1cnc(Oc2ccc(F)cc2[N+](=O)[O-])cn1. The topological polar surface area (TPSA) is 102 Å². The first-order chi connectivity index (χ1) is 9.10. The van der Waals surface area contributed by atoms with Crippen molar-refractivity contribution in [3.8, 4) is 17.7 Å². The second-order valence-corrected chi connectivity index (χ2v) is 3.32. The van der Waals surface area contributed by atoms with E-state index in [2.05, 4.69) is 9.97 Å². The van der Waals surface area contributed by atoms with Crippen LogP contribution in [0.15, 0.2) is 30.6 Å². The summed E-state index contributed by atoms with van der Waals surface area (Å²) in [5.74, 6) is -0.941. The minimum absolute atomic E-state index is 0.0336. The van der Waals surface area contributed by atoms with Crippen LogP contribution in [-0.4, -0.2) is 14.9 Å². The highest BCUT2D eigenvalue weighted by molar-refractivity contribution is 5.47. The summed E-state index contributed by atoms with van der Waals surface area (Å²) in [5, 5.41) is 19.3. The van der Waals surface area contributed by atoms with Gasteiger partial charge in [-0.2, -0.15) is 5.26 Å². The van der Waals surface area contributed by atoms with Crippen LogP contribution in [0, 0.1) is 27.3 Å². The number of hydrogen-bond donors (Lipinski definition) is 0. The smallest absolute Gasteiger partial charge is 0.314 e. The summed E-state index contributed by atoms with van der Waals surface area (Å²) < 4.78 is 18.1. The van der Waals surface area contributed by atoms with Gasteiger partial charge in [-0.15, -0.1) is 0 Å². The fourth-order valence-corrected chi connectivity index (χ4v) is 1.26. The Morgan fingerprint density at radius 3 is 2.74 bits per heavy atom. The summed E-state index contributed by atoms with van der Waals surface area (Å²) in [4.78, 5) is 17.4. The zero-order valence-corrected chi connectivity index (χ0v) is 9.28. The molecular formula is C11H5FN4O3. The molecule has 0 fully saturated rings. The molecule has 2 rings (SSSR count). The molecule has 0 saturated heterocycles. The Bertz CT molecular complexity index is 667.